The van der Waals surface area contributed by atoms with Crippen molar-refractivity contribution in [2.45, 2.75) is 51.5 Å². The highest BCUT2D eigenvalue weighted by atomic mass is 16.4. The summed E-state index contributed by atoms with van der Waals surface area (Å²) >= 11 is 0. The number of carbonyl (C=O) groups is 1. The lowest BCUT2D eigenvalue weighted by atomic mass is 9.87. The third kappa shape index (κ3) is 4.09. The lowest BCUT2D eigenvalue weighted by Crippen LogP contribution is -2.35. The number of aliphatic carboxylic acids is 1. The first-order chi connectivity index (χ1) is 6.70. The highest BCUT2D eigenvalue weighted by molar-refractivity contribution is 5.72. The summed E-state index contributed by atoms with van der Waals surface area (Å²) in [5.74, 6) is 0.0749. The molecule has 1 saturated carbocycles. The van der Waals surface area contributed by atoms with E-state index in [4.69, 9.17) is 5.11 Å². The van der Waals surface area contributed by atoms with E-state index in [1.165, 1.54) is 32.1 Å². The zero-order valence-corrected chi connectivity index (χ0v) is 8.96. The Kier molecular flexibility index (Phi) is 4.94. The molecule has 0 aliphatic heterocycles. The first-order valence-corrected chi connectivity index (χ1v) is 5.66. The minimum atomic E-state index is -0.756. The molecule has 0 amide bonds. The van der Waals surface area contributed by atoms with Crippen LogP contribution in [0.2, 0.25) is 0 Å². The molecule has 1 fully saturated rings. The molecule has 0 unspecified atom stereocenters. The second-order valence-electron chi connectivity index (χ2n) is 4.31. The molecule has 2 N–H and O–H groups in total. The minimum absolute atomic E-state index is 0.404. The van der Waals surface area contributed by atoms with Gasteiger partial charge in [-0.25, -0.2) is 0 Å². The van der Waals surface area contributed by atoms with E-state index in [1.54, 1.807) is 6.92 Å². The van der Waals surface area contributed by atoms with Crippen molar-refractivity contribution in [2.75, 3.05) is 6.54 Å². The first kappa shape index (κ1) is 11.5. The van der Waals surface area contributed by atoms with E-state index in [1.807, 2.05) is 0 Å². The predicted molar refractivity (Wildman–Crippen MR) is 56.3 cm³/mol. The molecule has 1 rings (SSSR count). The van der Waals surface area contributed by atoms with Gasteiger partial charge in [-0.15, -0.1) is 0 Å². The van der Waals surface area contributed by atoms with Crippen LogP contribution < -0.4 is 5.32 Å². The average Bonchev–Trinajstić information content (AvgIpc) is 2.19. The van der Waals surface area contributed by atoms with Gasteiger partial charge in [0.25, 0.3) is 0 Å². The average molecular weight is 199 g/mol. The van der Waals surface area contributed by atoms with Crippen LogP contribution in [0, 0.1) is 5.92 Å². The van der Waals surface area contributed by atoms with E-state index in [2.05, 4.69) is 5.32 Å². The van der Waals surface area contributed by atoms with Gasteiger partial charge in [-0.3, -0.25) is 4.79 Å². The zero-order valence-electron chi connectivity index (χ0n) is 8.96. The van der Waals surface area contributed by atoms with Crippen molar-refractivity contribution in [1.82, 2.24) is 5.32 Å². The summed E-state index contributed by atoms with van der Waals surface area (Å²) in [6.45, 7) is 2.54. The Bertz CT molecular complexity index is 176. The zero-order chi connectivity index (χ0) is 10.4. The Hall–Kier alpha value is -0.570. The summed E-state index contributed by atoms with van der Waals surface area (Å²) < 4.78 is 0. The molecule has 14 heavy (non-hydrogen) atoms. The summed E-state index contributed by atoms with van der Waals surface area (Å²) in [5.41, 5.74) is 0. The van der Waals surface area contributed by atoms with Gasteiger partial charge in [0.05, 0.1) is 0 Å². The van der Waals surface area contributed by atoms with Crippen LogP contribution in [0.15, 0.2) is 0 Å². The molecule has 0 aromatic carbocycles. The molecule has 0 aromatic rings. The molecule has 0 saturated heterocycles. The van der Waals surface area contributed by atoms with E-state index in [-0.39, 0.29) is 0 Å². The number of hydrogen-bond donors (Lipinski definition) is 2. The summed E-state index contributed by atoms with van der Waals surface area (Å²) in [7, 11) is 0. The van der Waals surface area contributed by atoms with Gasteiger partial charge in [0.1, 0.15) is 6.04 Å². The number of hydrogen-bond acceptors (Lipinski definition) is 2. The fraction of sp³-hybridized carbons (Fsp3) is 0.909. The summed E-state index contributed by atoms with van der Waals surface area (Å²) in [6, 6.07) is -0.404. The highest BCUT2D eigenvalue weighted by Gasteiger charge is 2.14. The molecule has 0 spiro atoms. The summed E-state index contributed by atoms with van der Waals surface area (Å²) in [5, 5.41) is 11.7. The second kappa shape index (κ2) is 6.02. The maximum Gasteiger partial charge on any atom is 0.320 e. The van der Waals surface area contributed by atoms with Crippen molar-refractivity contribution in [3.05, 3.63) is 0 Å². The standard InChI is InChI=1S/C11H21NO2/c1-9(11(13)14)12-8-7-10-5-3-2-4-6-10/h9-10,12H,2-8H2,1H3,(H,13,14)/t9-/m1/s1. The van der Waals surface area contributed by atoms with Crippen LogP contribution in [0.4, 0.5) is 0 Å². The van der Waals surface area contributed by atoms with Crippen LogP contribution in [-0.4, -0.2) is 23.7 Å². The molecule has 1 atom stereocenters. The van der Waals surface area contributed by atoms with E-state index < -0.39 is 12.0 Å². The van der Waals surface area contributed by atoms with Crippen LogP contribution in [-0.2, 0) is 4.79 Å². The van der Waals surface area contributed by atoms with E-state index in [0.29, 0.717) is 0 Å². The van der Waals surface area contributed by atoms with Gasteiger partial charge < -0.3 is 10.4 Å². The van der Waals surface area contributed by atoms with Gasteiger partial charge in [0.2, 0.25) is 0 Å². The SMILES string of the molecule is C[C@@H](NCCC1CCCCC1)C(=O)O. The highest BCUT2D eigenvalue weighted by Crippen LogP contribution is 2.25. The molecule has 0 aromatic heterocycles. The van der Waals surface area contributed by atoms with E-state index in [9.17, 15) is 4.79 Å². The van der Waals surface area contributed by atoms with Crippen LogP contribution in [0.5, 0.6) is 0 Å². The Labute approximate surface area is 85.9 Å². The molecule has 82 valence electrons. The minimum Gasteiger partial charge on any atom is -0.480 e. The van der Waals surface area contributed by atoms with E-state index >= 15 is 0 Å². The second-order valence-corrected chi connectivity index (χ2v) is 4.31. The Morgan fingerprint density at radius 1 is 1.43 bits per heavy atom. The Balaban J connectivity index is 2.05. The molecule has 3 nitrogen and oxygen atoms in total. The topological polar surface area (TPSA) is 49.3 Å². The van der Waals surface area contributed by atoms with E-state index in [0.717, 1.165) is 18.9 Å². The van der Waals surface area contributed by atoms with Crippen molar-refractivity contribution >= 4 is 5.97 Å². The fourth-order valence-corrected chi connectivity index (χ4v) is 2.07. The van der Waals surface area contributed by atoms with Gasteiger partial charge in [-0.2, -0.15) is 0 Å². The van der Waals surface area contributed by atoms with Crippen molar-refractivity contribution in [2.24, 2.45) is 5.92 Å². The largest absolute Gasteiger partial charge is 0.480 e. The molecule has 0 bridgehead atoms. The molecule has 0 radical (unpaired) electrons. The maximum absolute atomic E-state index is 10.5. The van der Waals surface area contributed by atoms with Crippen LogP contribution in [0.1, 0.15) is 45.4 Å². The first-order valence-electron chi connectivity index (χ1n) is 5.66. The van der Waals surface area contributed by atoms with Crippen molar-refractivity contribution in [3.63, 3.8) is 0 Å². The molecule has 1 aliphatic rings. The molecular weight excluding hydrogens is 178 g/mol. The van der Waals surface area contributed by atoms with Gasteiger partial charge in [-0.1, -0.05) is 32.1 Å². The maximum atomic E-state index is 10.5. The number of carboxylic acid groups (broad SMARTS) is 1. The molecular formula is C11H21NO2. The monoisotopic (exact) mass is 199 g/mol. The smallest absolute Gasteiger partial charge is 0.320 e. The van der Waals surface area contributed by atoms with Crippen LogP contribution >= 0.6 is 0 Å². The molecule has 1 aliphatic carbocycles. The number of carboxylic acids is 1. The van der Waals surface area contributed by atoms with Crippen molar-refractivity contribution in [1.29, 1.82) is 0 Å². The molecule has 0 heterocycles. The lowest BCUT2D eigenvalue weighted by molar-refractivity contribution is -0.139. The van der Waals surface area contributed by atoms with Gasteiger partial charge in [-0.05, 0) is 25.8 Å². The number of rotatable bonds is 5. The van der Waals surface area contributed by atoms with Gasteiger partial charge >= 0.3 is 5.97 Å². The van der Waals surface area contributed by atoms with Gasteiger partial charge in [0.15, 0.2) is 0 Å². The van der Waals surface area contributed by atoms with Crippen LogP contribution in [0.3, 0.4) is 0 Å². The third-order valence-electron chi connectivity index (χ3n) is 3.10. The van der Waals surface area contributed by atoms with Crippen LogP contribution in [0.25, 0.3) is 0 Å². The van der Waals surface area contributed by atoms with Crippen molar-refractivity contribution < 1.29 is 9.90 Å². The van der Waals surface area contributed by atoms with Crippen molar-refractivity contribution in [3.8, 4) is 0 Å². The Morgan fingerprint density at radius 3 is 2.64 bits per heavy atom. The predicted octanol–water partition coefficient (Wildman–Crippen LogP) is 2.02. The molecule has 3 heteroatoms. The lowest BCUT2D eigenvalue weighted by Gasteiger charge is -2.21. The Morgan fingerprint density at radius 2 is 2.07 bits per heavy atom. The fourth-order valence-electron chi connectivity index (χ4n) is 2.07. The normalized spacial score (nSPS) is 20.6. The van der Waals surface area contributed by atoms with Gasteiger partial charge in [0, 0.05) is 0 Å². The summed E-state index contributed by atoms with van der Waals surface area (Å²) in [6.07, 6.45) is 7.91. The summed E-state index contributed by atoms with van der Waals surface area (Å²) in [4.78, 5) is 10.5. The third-order valence-corrected chi connectivity index (χ3v) is 3.10. The quantitative estimate of drug-likeness (QED) is 0.712. The number of nitrogens with one attached hydrogen (secondary N) is 1.